The molecule has 8 heteroatoms. The van der Waals surface area contributed by atoms with Crippen molar-refractivity contribution in [2.45, 2.75) is 12.8 Å². The predicted molar refractivity (Wildman–Crippen MR) is 123 cm³/mol. The van der Waals surface area contributed by atoms with Gasteiger partial charge in [0, 0.05) is 36.7 Å². The molecule has 3 N–H and O–H groups in total. The molecule has 1 aromatic heterocycles. The number of pyridine rings is 1. The summed E-state index contributed by atoms with van der Waals surface area (Å²) in [4.78, 5) is 43.3. The molecule has 0 radical (unpaired) electrons. The van der Waals surface area contributed by atoms with Gasteiger partial charge >= 0.3 is 6.03 Å². The molecule has 8 nitrogen and oxygen atoms in total. The number of rotatable bonds is 5. The number of hydrogen-bond acceptors (Lipinski definition) is 4. The van der Waals surface area contributed by atoms with Crippen LogP contribution in [-0.2, 0) is 0 Å². The molecule has 2 heterocycles. The second kappa shape index (κ2) is 9.74. The highest BCUT2D eigenvalue weighted by Gasteiger charge is 2.19. The van der Waals surface area contributed by atoms with E-state index in [1.165, 1.54) is 6.20 Å². The van der Waals surface area contributed by atoms with Gasteiger partial charge in [0.15, 0.2) is 0 Å². The molecule has 0 atom stereocenters. The number of anilines is 3. The van der Waals surface area contributed by atoms with Crippen molar-refractivity contribution < 1.29 is 14.4 Å². The fourth-order valence-electron chi connectivity index (χ4n) is 3.45. The van der Waals surface area contributed by atoms with Gasteiger partial charge in [-0.25, -0.2) is 4.79 Å². The van der Waals surface area contributed by atoms with Gasteiger partial charge in [-0.2, -0.15) is 0 Å². The number of nitrogens with zero attached hydrogens (tertiary/aromatic N) is 2. The predicted octanol–water partition coefficient (Wildman–Crippen LogP) is 4.21. The van der Waals surface area contributed by atoms with Gasteiger partial charge < -0.3 is 20.9 Å². The van der Waals surface area contributed by atoms with Gasteiger partial charge in [-0.15, -0.1) is 0 Å². The zero-order chi connectivity index (χ0) is 22.3. The first-order chi connectivity index (χ1) is 15.6. The molecule has 3 aromatic rings. The molecule has 1 saturated heterocycles. The molecular weight excluding hydrogens is 406 g/mol. The number of benzene rings is 2. The number of carbonyl (C=O) groups is 3. The molecule has 1 aliphatic heterocycles. The lowest BCUT2D eigenvalue weighted by Gasteiger charge is -2.18. The summed E-state index contributed by atoms with van der Waals surface area (Å²) in [5, 5.41) is 8.48. The van der Waals surface area contributed by atoms with E-state index in [1.807, 2.05) is 0 Å². The van der Waals surface area contributed by atoms with E-state index in [2.05, 4.69) is 20.9 Å². The molecule has 1 aliphatic rings. The van der Waals surface area contributed by atoms with Crippen LogP contribution in [0.5, 0.6) is 0 Å². The Kier molecular flexibility index (Phi) is 6.41. The van der Waals surface area contributed by atoms with Gasteiger partial charge in [0.1, 0.15) is 0 Å². The van der Waals surface area contributed by atoms with Crippen molar-refractivity contribution in [1.82, 2.24) is 9.88 Å². The third-order valence-corrected chi connectivity index (χ3v) is 5.12. The van der Waals surface area contributed by atoms with Crippen molar-refractivity contribution >= 4 is 34.9 Å². The van der Waals surface area contributed by atoms with Crippen LogP contribution in [0.25, 0.3) is 0 Å². The molecular formula is C24H23N5O3. The van der Waals surface area contributed by atoms with Crippen LogP contribution in [0.1, 0.15) is 33.6 Å². The van der Waals surface area contributed by atoms with E-state index < -0.39 is 0 Å². The third kappa shape index (κ3) is 5.10. The molecule has 1 fully saturated rings. The lowest BCUT2D eigenvalue weighted by Crippen LogP contribution is -2.32. The van der Waals surface area contributed by atoms with Crippen LogP contribution >= 0.6 is 0 Å². The van der Waals surface area contributed by atoms with Crippen molar-refractivity contribution in [2.24, 2.45) is 0 Å². The van der Waals surface area contributed by atoms with Crippen molar-refractivity contribution in [1.29, 1.82) is 0 Å². The molecule has 0 unspecified atom stereocenters. The Morgan fingerprint density at radius 2 is 1.44 bits per heavy atom. The number of para-hydroxylation sites is 2. The van der Waals surface area contributed by atoms with Crippen LogP contribution in [0.15, 0.2) is 73.1 Å². The van der Waals surface area contributed by atoms with Gasteiger partial charge in [-0.3, -0.25) is 14.6 Å². The number of aromatic nitrogens is 1. The first-order valence-corrected chi connectivity index (χ1v) is 10.4. The lowest BCUT2D eigenvalue weighted by atomic mass is 10.1. The Morgan fingerprint density at radius 3 is 2.16 bits per heavy atom. The lowest BCUT2D eigenvalue weighted by molar-refractivity contribution is 0.101. The largest absolute Gasteiger partial charge is 0.325 e. The number of nitrogens with one attached hydrogen (secondary N) is 3. The Bertz CT molecular complexity index is 1130. The molecule has 0 aliphatic carbocycles. The first kappa shape index (κ1) is 21.0. The molecule has 32 heavy (non-hydrogen) atoms. The summed E-state index contributed by atoms with van der Waals surface area (Å²) in [7, 11) is 0. The zero-order valence-electron chi connectivity index (χ0n) is 17.4. The number of carbonyl (C=O) groups excluding carboxylic acids is 3. The molecule has 2 aromatic carbocycles. The average molecular weight is 429 g/mol. The summed E-state index contributed by atoms with van der Waals surface area (Å²) in [5.41, 5.74) is 2.30. The topological polar surface area (TPSA) is 103 Å². The SMILES string of the molecule is O=C(Nc1cccc(C(=O)Nc2ccccc2NC(=O)N2CCCC2)c1)c1cccnc1. The minimum absolute atomic E-state index is 0.177. The van der Waals surface area contributed by atoms with Crippen molar-refractivity contribution in [2.75, 3.05) is 29.0 Å². The van der Waals surface area contributed by atoms with Gasteiger partial charge in [0.25, 0.3) is 11.8 Å². The fraction of sp³-hybridized carbons (Fsp3) is 0.167. The number of hydrogen-bond donors (Lipinski definition) is 3. The van der Waals surface area contributed by atoms with E-state index >= 15 is 0 Å². The van der Waals surface area contributed by atoms with E-state index in [9.17, 15) is 14.4 Å². The number of likely N-dealkylation sites (tertiary alicyclic amines) is 1. The minimum Gasteiger partial charge on any atom is -0.325 e. The van der Waals surface area contributed by atoms with E-state index in [1.54, 1.807) is 71.8 Å². The van der Waals surface area contributed by atoms with E-state index in [4.69, 9.17) is 0 Å². The molecule has 0 spiro atoms. The van der Waals surface area contributed by atoms with Gasteiger partial charge in [-0.05, 0) is 55.3 Å². The minimum atomic E-state index is -0.356. The highest BCUT2D eigenvalue weighted by atomic mass is 16.2. The zero-order valence-corrected chi connectivity index (χ0v) is 17.4. The second-order valence-electron chi connectivity index (χ2n) is 7.40. The van der Waals surface area contributed by atoms with Crippen molar-refractivity contribution in [3.05, 3.63) is 84.2 Å². The Hall–Kier alpha value is -4.20. The summed E-state index contributed by atoms with van der Waals surface area (Å²) >= 11 is 0. The van der Waals surface area contributed by atoms with Crippen LogP contribution in [0.2, 0.25) is 0 Å². The fourth-order valence-corrected chi connectivity index (χ4v) is 3.45. The second-order valence-corrected chi connectivity index (χ2v) is 7.40. The number of urea groups is 1. The standard InChI is InChI=1S/C24H23N5O3/c30-22(17-7-5-9-19(15-17)26-23(31)18-8-6-12-25-16-18)27-20-10-1-2-11-21(20)28-24(32)29-13-3-4-14-29/h1-2,5-12,15-16H,3-4,13-14H2,(H,26,31)(H,27,30)(H,28,32). The highest BCUT2D eigenvalue weighted by Crippen LogP contribution is 2.23. The third-order valence-electron chi connectivity index (χ3n) is 5.12. The van der Waals surface area contributed by atoms with E-state index in [0.717, 1.165) is 25.9 Å². The maximum atomic E-state index is 12.9. The smallest absolute Gasteiger partial charge is 0.321 e. The van der Waals surface area contributed by atoms with Crippen molar-refractivity contribution in [3.8, 4) is 0 Å². The molecule has 162 valence electrons. The van der Waals surface area contributed by atoms with Crippen LogP contribution in [0, 0.1) is 0 Å². The Morgan fingerprint density at radius 1 is 0.750 bits per heavy atom. The van der Waals surface area contributed by atoms with Gasteiger partial charge in [-0.1, -0.05) is 18.2 Å². The van der Waals surface area contributed by atoms with Gasteiger partial charge in [0.05, 0.1) is 16.9 Å². The molecule has 0 bridgehead atoms. The summed E-state index contributed by atoms with van der Waals surface area (Å²) in [6.07, 6.45) is 5.06. The first-order valence-electron chi connectivity index (χ1n) is 10.4. The summed E-state index contributed by atoms with van der Waals surface area (Å²) in [6, 6.07) is 16.9. The molecule has 4 rings (SSSR count). The summed E-state index contributed by atoms with van der Waals surface area (Å²) < 4.78 is 0. The normalized spacial score (nSPS) is 12.8. The van der Waals surface area contributed by atoms with Crippen LogP contribution in [0.4, 0.5) is 21.9 Å². The van der Waals surface area contributed by atoms with E-state index in [0.29, 0.717) is 28.2 Å². The van der Waals surface area contributed by atoms with Crippen LogP contribution in [0.3, 0.4) is 0 Å². The Balaban J connectivity index is 1.45. The maximum Gasteiger partial charge on any atom is 0.321 e. The molecule has 0 saturated carbocycles. The summed E-state index contributed by atoms with van der Waals surface area (Å²) in [5.74, 6) is -0.670. The Labute approximate surface area is 185 Å². The quantitative estimate of drug-likeness (QED) is 0.565. The maximum absolute atomic E-state index is 12.9. The molecule has 4 amide bonds. The number of amides is 4. The van der Waals surface area contributed by atoms with Crippen LogP contribution in [-0.4, -0.2) is 40.8 Å². The average Bonchev–Trinajstić information content (AvgIpc) is 3.36. The van der Waals surface area contributed by atoms with E-state index in [-0.39, 0.29) is 17.8 Å². The monoisotopic (exact) mass is 429 g/mol. The summed E-state index contributed by atoms with van der Waals surface area (Å²) in [6.45, 7) is 1.47. The van der Waals surface area contributed by atoms with Gasteiger partial charge in [0.2, 0.25) is 0 Å². The van der Waals surface area contributed by atoms with Crippen LogP contribution < -0.4 is 16.0 Å². The highest BCUT2D eigenvalue weighted by molar-refractivity contribution is 6.09. The van der Waals surface area contributed by atoms with Crippen molar-refractivity contribution in [3.63, 3.8) is 0 Å².